The van der Waals surface area contributed by atoms with Gasteiger partial charge in [0, 0.05) is 30.3 Å². The van der Waals surface area contributed by atoms with Crippen LogP contribution in [-0.2, 0) is 24.3 Å². The van der Waals surface area contributed by atoms with Gasteiger partial charge in [0.1, 0.15) is 37.1 Å². The zero-order valence-electron chi connectivity index (χ0n) is 29.4. The van der Waals surface area contributed by atoms with Crippen LogP contribution in [0.3, 0.4) is 0 Å². The van der Waals surface area contributed by atoms with E-state index in [-0.39, 0.29) is 0 Å². The second-order valence-corrected chi connectivity index (χ2v) is 12.9. The molecular weight excluding hydrogens is 722 g/mol. The van der Waals surface area contributed by atoms with Gasteiger partial charge in [-0.3, -0.25) is 4.55 Å². The van der Waals surface area contributed by atoms with Gasteiger partial charge in [-0.1, -0.05) is 42.5 Å². The Hall–Kier alpha value is -3.79. The van der Waals surface area contributed by atoms with Crippen molar-refractivity contribution in [1.29, 1.82) is 0 Å². The summed E-state index contributed by atoms with van der Waals surface area (Å²) in [6, 6.07) is 28.6. The van der Waals surface area contributed by atoms with Gasteiger partial charge in [-0.25, -0.2) is 0 Å². The lowest BCUT2D eigenvalue weighted by atomic mass is 9.87. The molecule has 0 saturated carbocycles. The molecule has 284 valence electrons. The fraction of sp³-hybridized carbons (Fsp3) is 0.368. The molecule has 4 rings (SSSR count). The van der Waals surface area contributed by atoms with E-state index in [0.717, 1.165) is 55.5 Å². The number of rotatable bonds is 19. The lowest BCUT2D eigenvalue weighted by molar-refractivity contribution is -0.107. The first-order chi connectivity index (χ1) is 24.8. The van der Waals surface area contributed by atoms with Crippen molar-refractivity contribution >= 4 is 22.7 Å². The van der Waals surface area contributed by atoms with E-state index in [0.29, 0.717) is 59.5 Å². The molecule has 0 aliphatic rings. The zero-order chi connectivity index (χ0) is 38.0. The molecule has 0 heterocycles. The van der Waals surface area contributed by atoms with Crippen molar-refractivity contribution in [2.75, 3.05) is 65.2 Å². The second kappa shape index (κ2) is 21.7. The van der Waals surface area contributed by atoms with Gasteiger partial charge in [0.05, 0.1) is 19.8 Å². The second-order valence-electron chi connectivity index (χ2n) is 10.9. The quantitative estimate of drug-likeness (QED) is 0.0551. The van der Waals surface area contributed by atoms with E-state index in [1.807, 2.05) is 63.2 Å². The van der Waals surface area contributed by atoms with Crippen LogP contribution in [-0.4, -0.2) is 84.4 Å². The molecule has 0 aromatic heterocycles. The minimum atomic E-state index is -4.91. The summed E-state index contributed by atoms with van der Waals surface area (Å²) in [7, 11) is -4.91. The van der Waals surface area contributed by atoms with Gasteiger partial charge in [-0.05, 0) is 91.1 Å². The molecule has 52 heavy (non-hydrogen) atoms. The monoisotopic (exact) mass is 766 g/mol. The van der Waals surface area contributed by atoms with Crippen LogP contribution in [0.25, 0.3) is 33.4 Å². The van der Waals surface area contributed by atoms with Crippen LogP contribution < -0.4 is 14.2 Å². The Morgan fingerprint density at radius 2 is 1.00 bits per heavy atom. The molecule has 0 fully saturated rings. The van der Waals surface area contributed by atoms with E-state index >= 15 is 0 Å². The summed E-state index contributed by atoms with van der Waals surface area (Å²) >= 11 is 4.97. The standard InChI is InChI=1S/C36H42O6S.C2H3F3O3S/c1-4-37-18-21-40-30-13-7-10-27(24-30)33-16-17-34(43)36(29-12-9-15-32(26-29)42-23-20-39-6-3)35(33)28-11-8-14-31(25-28)41-22-19-38-5-2;3-2(4,5)1-9(6,7)8/h7-17,24-26,43H,4-6,18-23H2,1-3H3;1H2,(H,6,7,8). The van der Waals surface area contributed by atoms with Crippen LogP contribution in [0.15, 0.2) is 89.8 Å². The zero-order valence-corrected chi connectivity index (χ0v) is 31.1. The third-order valence-electron chi connectivity index (χ3n) is 7.02. The maximum Gasteiger partial charge on any atom is 0.405 e. The van der Waals surface area contributed by atoms with Crippen LogP contribution in [0.1, 0.15) is 20.8 Å². The van der Waals surface area contributed by atoms with Gasteiger partial charge in [0.2, 0.25) is 0 Å². The first-order valence-electron chi connectivity index (χ1n) is 16.7. The Morgan fingerprint density at radius 1 is 0.596 bits per heavy atom. The summed E-state index contributed by atoms with van der Waals surface area (Å²) < 4.78 is 94.1. The Labute approximate surface area is 309 Å². The minimum absolute atomic E-state index is 0.478. The van der Waals surface area contributed by atoms with Crippen LogP contribution >= 0.6 is 12.6 Å². The normalized spacial score (nSPS) is 11.5. The van der Waals surface area contributed by atoms with Crippen LogP contribution in [0.5, 0.6) is 17.2 Å². The molecule has 0 radical (unpaired) electrons. The predicted octanol–water partition coefficient (Wildman–Crippen LogP) is 8.66. The molecule has 0 atom stereocenters. The van der Waals surface area contributed by atoms with Gasteiger partial charge < -0.3 is 28.4 Å². The first kappa shape index (κ1) is 42.6. The number of alkyl halides is 3. The minimum Gasteiger partial charge on any atom is -0.491 e. The molecular formula is C38H45F3O9S2. The summed E-state index contributed by atoms with van der Waals surface area (Å²) in [5, 5.41) is 0. The highest BCUT2D eigenvalue weighted by atomic mass is 32.2. The van der Waals surface area contributed by atoms with Gasteiger partial charge in [-0.15, -0.1) is 12.6 Å². The number of hydrogen-bond acceptors (Lipinski definition) is 9. The van der Waals surface area contributed by atoms with Crippen molar-refractivity contribution in [3.63, 3.8) is 0 Å². The smallest absolute Gasteiger partial charge is 0.405 e. The fourth-order valence-electron chi connectivity index (χ4n) is 4.96. The summed E-state index contributed by atoms with van der Waals surface area (Å²) in [4.78, 5) is 0.858. The molecule has 0 amide bonds. The maximum absolute atomic E-state index is 11.0. The molecule has 1 N–H and O–H groups in total. The van der Waals surface area contributed by atoms with Crippen molar-refractivity contribution in [3.05, 3.63) is 84.9 Å². The molecule has 0 bridgehead atoms. The Morgan fingerprint density at radius 3 is 1.38 bits per heavy atom. The maximum atomic E-state index is 11.0. The van der Waals surface area contributed by atoms with Crippen molar-refractivity contribution in [2.24, 2.45) is 0 Å². The van der Waals surface area contributed by atoms with E-state index in [1.54, 1.807) is 0 Å². The summed E-state index contributed by atoms with van der Waals surface area (Å²) in [6.45, 7) is 11.0. The molecule has 0 unspecified atom stereocenters. The van der Waals surface area contributed by atoms with Crippen LogP contribution in [0.2, 0.25) is 0 Å². The van der Waals surface area contributed by atoms with E-state index in [1.165, 1.54) is 0 Å². The molecule has 9 nitrogen and oxygen atoms in total. The summed E-state index contributed by atoms with van der Waals surface area (Å²) in [6.07, 6.45) is -4.85. The Balaban J connectivity index is 0.000000715. The van der Waals surface area contributed by atoms with E-state index in [9.17, 15) is 21.6 Å². The molecule has 0 spiro atoms. The number of thiol groups is 1. The average molecular weight is 767 g/mol. The lowest BCUT2D eigenvalue weighted by Crippen LogP contribution is -2.21. The van der Waals surface area contributed by atoms with E-state index < -0.39 is 22.0 Å². The van der Waals surface area contributed by atoms with E-state index in [4.69, 9.17) is 45.6 Å². The Bertz CT molecular complexity index is 1780. The van der Waals surface area contributed by atoms with Gasteiger partial charge >= 0.3 is 6.18 Å². The number of halogens is 3. The van der Waals surface area contributed by atoms with Gasteiger partial charge in [-0.2, -0.15) is 21.6 Å². The van der Waals surface area contributed by atoms with Crippen LogP contribution in [0.4, 0.5) is 13.2 Å². The highest BCUT2D eigenvalue weighted by Crippen LogP contribution is 2.45. The van der Waals surface area contributed by atoms with Gasteiger partial charge in [0.25, 0.3) is 10.1 Å². The molecule has 4 aromatic rings. The molecule has 0 saturated heterocycles. The lowest BCUT2D eigenvalue weighted by Gasteiger charge is -2.20. The summed E-state index contributed by atoms with van der Waals surface area (Å²) in [5.74, 6) is 0.163. The van der Waals surface area contributed by atoms with E-state index in [2.05, 4.69) is 42.5 Å². The summed E-state index contributed by atoms with van der Waals surface area (Å²) in [5.41, 5.74) is 6.15. The highest BCUT2D eigenvalue weighted by molar-refractivity contribution is 7.85. The molecule has 0 aliphatic carbocycles. The molecule has 14 heteroatoms. The topological polar surface area (TPSA) is 110 Å². The number of hydrogen-bond donors (Lipinski definition) is 2. The highest BCUT2D eigenvalue weighted by Gasteiger charge is 2.34. The van der Waals surface area contributed by atoms with Crippen molar-refractivity contribution < 1.29 is 54.6 Å². The first-order valence-corrected chi connectivity index (χ1v) is 18.7. The third-order valence-corrected chi connectivity index (χ3v) is 8.09. The van der Waals surface area contributed by atoms with Crippen molar-refractivity contribution in [3.8, 4) is 50.6 Å². The Kier molecular flexibility index (Phi) is 17.8. The molecule has 4 aromatic carbocycles. The average Bonchev–Trinajstić information content (AvgIpc) is 3.09. The third kappa shape index (κ3) is 15.1. The van der Waals surface area contributed by atoms with Crippen LogP contribution in [0, 0.1) is 0 Å². The predicted molar refractivity (Wildman–Crippen MR) is 198 cm³/mol. The van der Waals surface area contributed by atoms with Crippen molar-refractivity contribution in [1.82, 2.24) is 0 Å². The van der Waals surface area contributed by atoms with Crippen molar-refractivity contribution in [2.45, 2.75) is 31.8 Å². The SMILES string of the molecule is CCOCCOc1cccc(-c2ccc(S)c(-c3cccc(OCCOCC)c3)c2-c2cccc(OCCOCC)c2)c1.O=S(=O)(O)CC(F)(F)F. The number of ether oxygens (including phenoxy) is 6. The van der Waals surface area contributed by atoms with Gasteiger partial charge in [0.15, 0.2) is 5.75 Å². The molecule has 0 aliphatic heterocycles. The number of benzene rings is 4. The fourth-order valence-corrected chi connectivity index (χ4v) is 5.68. The largest absolute Gasteiger partial charge is 0.491 e.